The van der Waals surface area contributed by atoms with Gasteiger partial charge in [0, 0.05) is 24.7 Å². The predicted molar refractivity (Wildman–Crippen MR) is 85.8 cm³/mol. The van der Waals surface area contributed by atoms with Crippen LogP contribution in [0.25, 0.3) is 0 Å². The lowest BCUT2D eigenvalue weighted by molar-refractivity contribution is -0.127. The zero-order chi connectivity index (χ0) is 14.5. The third kappa shape index (κ3) is 4.19. The van der Waals surface area contributed by atoms with Crippen LogP contribution < -0.4 is 15.5 Å². The fraction of sp³-hybridized carbons (Fsp3) is 0.467. The maximum atomic E-state index is 12.2. The maximum Gasteiger partial charge on any atom is 0.246 e. The van der Waals surface area contributed by atoms with Crippen LogP contribution in [0.15, 0.2) is 24.3 Å². The van der Waals surface area contributed by atoms with E-state index in [-0.39, 0.29) is 36.7 Å². The summed E-state index contributed by atoms with van der Waals surface area (Å²) in [7, 11) is 1.80. The zero-order valence-corrected chi connectivity index (χ0v) is 13.2. The van der Waals surface area contributed by atoms with E-state index < -0.39 is 0 Å². The molecule has 1 unspecified atom stereocenters. The van der Waals surface area contributed by atoms with Gasteiger partial charge in [-0.25, -0.2) is 0 Å². The molecule has 0 aromatic heterocycles. The van der Waals surface area contributed by atoms with Crippen molar-refractivity contribution in [2.75, 3.05) is 31.6 Å². The molecule has 1 aliphatic rings. The highest BCUT2D eigenvalue weighted by molar-refractivity contribution is 5.98. The van der Waals surface area contributed by atoms with Gasteiger partial charge in [0.1, 0.15) is 0 Å². The molecule has 1 aromatic carbocycles. The molecule has 21 heavy (non-hydrogen) atoms. The molecule has 2 rings (SSSR count). The lowest BCUT2D eigenvalue weighted by Crippen LogP contribution is -2.42. The minimum Gasteiger partial charge on any atom is -0.347 e. The number of carbonyl (C=O) groups is 2. The van der Waals surface area contributed by atoms with Gasteiger partial charge in [-0.15, -0.1) is 12.4 Å². The summed E-state index contributed by atoms with van der Waals surface area (Å²) >= 11 is 0. The Bertz CT molecular complexity index is 507. The van der Waals surface area contributed by atoms with Crippen molar-refractivity contribution in [3.8, 4) is 0 Å². The average molecular weight is 312 g/mol. The SMILES string of the molecule is CNCC(C)C(=O)NCC(=O)N1CCc2ccccc21.Cl. The van der Waals surface area contributed by atoms with Crippen LogP contribution in [-0.4, -0.2) is 38.5 Å². The number of para-hydroxylation sites is 1. The zero-order valence-electron chi connectivity index (χ0n) is 12.4. The highest BCUT2D eigenvalue weighted by Gasteiger charge is 2.24. The molecule has 5 nitrogen and oxygen atoms in total. The number of halogens is 1. The summed E-state index contributed by atoms with van der Waals surface area (Å²) in [6.45, 7) is 3.19. The molecule has 0 aliphatic carbocycles. The Morgan fingerprint density at radius 2 is 2.05 bits per heavy atom. The van der Waals surface area contributed by atoms with Gasteiger partial charge in [0.15, 0.2) is 0 Å². The monoisotopic (exact) mass is 311 g/mol. The average Bonchev–Trinajstić information content (AvgIpc) is 2.88. The molecule has 1 atom stereocenters. The van der Waals surface area contributed by atoms with Crippen molar-refractivity contribution in [2.24, 2.45) is 5.92 Å². The lowest BCUT2D eigenvalue weighted by atomic mass is 10.1. The van der Waals surface area contributed by atoms with Gasteiger partial charge in [-0.1, -0.05) is 25.1 Å². The standard InChI is InChI=1S/C15H21N3O2.ClH/c1-11(9-16-2)15(20)17-10-14(19)18-8-7-12-5-3-4-6-13(12)18;/h3-6,11,16H,7-10H2,1-2H3,(H,17,20);1H. The molecule has 1 aliphatic heterocycles. The minimum atomic E-state index is -0.140. The number of carbonyl (C=O) groups excluding carboxylic acids is 2. The number of nitrogens with one attached hydrogen (secondary N) is 2. The predicted octanol–water partition coefficient (Wildman–Crippen LogP) is 0.969. The normalized spacial score (nSPS) is 14.1. The Hall–Kier alpha value is -1.59. The molecule has 2 amide bonds. The van der Waals surface area contributed by atoms with Gasteiger partial charge in [0.2, 0.25) is 11.8 Å². The molecule has 0 saturated heterocycles. The first-order valence-corrected chi connectivity index (χ1v) is 6.94. The minimum absolute atomic E-state index is 0. The van der Waals surface area contributed by atoms with Crippen molar-refractivity contribution in [3.05, 3.63) is 29.8 Å². The number of hydrogen-bond acceptors (Lipinski definition) is 3. The van der Waals surface area contributed by atoms with Crippen molar-refractivity contribution in [3.63, 3.8) is 0 Å². The van der Waals surface area contributed by atoms with E-state index in [1.165, 1.54) is 5.56 Å². The highest BCUT2D eigenvalue weighted by Crippen LogP contribution is 2.27. The van der Waals surface area contributed by atoms with Gasteiger partial charge in [0.25, 0.3) is 0 Å². The summed E-state index contributed by atoms with van der Waals surface area (Å²) in [6.07, 6.45) is 0.881. The molecule has 1 heterocycles. The van der Waals surface area contributed by atoms with Crippen LogP contribution in [0.4, 0.5) is 5.69 Å². The third-order valence-corrected chi connectivity index (χ3v) is 3.56. The second kappa shape index (κ2) is 8.00. The van der Waals surface area contributed by atoms with Crippen LogP contribution in [0.5, 0.6) is 0 Å². The maximum absolute atomic E-state index is 12.2. The van der Waals surface area contributed by atoms with Crippen LogP contribution in [0.3, 0.4) is 0 Å². The van der Waals surface area contributed by atoms with E-state index >= 15 is 0 Å². The van der Waals surface area contributed by atoms with Crippen molar-refractivity contribution in [1.82, 2.24) is 10.6 Å². The third-order valence-electron chi connectivity index (χ3n) is 3.56. The number of amides is 2. The Morgan fingerprint density at radius 3 is 2.76 bits per heavy atom. The summed E-state index contributed by atoms with van der Waals surface area (Å²) < 4.78 is 0. The van der Waals surface area contributed by atoms with Gasteiger partial charge in [-0.3, -0.25) is 9.59 Å². The van der Waals surface area contributed by atoms with Gasteiger partial charge < -0.3 is 15.5 Å². The van der Waals surface area contributed by atoms with Crippen LogP contribution in [0.2, 0.25) is 0 Å². The second-order valence-electron chi connectivity index (χ2n) is 5.10. The Morgan fingerprint density at radius 1 is 1.33 bits per heavy atom. The quantitative estimate of drug-likeness (QED) is 0.852. The Balaban J connectivity index is 0.00000220. The van der Waals surface area contributed by atoms with E-state index in [4.69, 9.17) is 0 Å². The van der Waals surface area contributed by atoms with E-state index in [2.05, 4.69) is 10.6 Å². The first-order valence-electron chi connectivity index (χ1n) is 6.94. The number of anilines is 1. The number of fused-ring (bicyclic) bond motifs is 1. The van der Waals surface area contributed by atoms with Crippen molar-refractivity contribution >= 4 is 29.9 Å². The largest absolute Gasteiger partial charge is 0.347 e. The molecule has 6 heteroatoms. The van der Waals surface area contributed by atoms with Gasteiger partial charge in [-0.2, -0.15) is 0 Å². The highest BCUT2D eigenvalue weighted by atomic mass is 35.5. The molecular formula is C15H22ClN3O2. The van der Waals surface area contributed by atoms with Gasteiger partial charge in [-0.05, 0) is 25.1 Å². The molecule has 0 radical (unpaired) electrons. The first kappa shape index (κ1) is 17.5. The summed E-state index contributed by atoms with van der Waals surface area (Å²) in [5.41, 5.74) is 2.16. The van der Waals surface area contributed by atoms with E-state index in [1.807, 2.05) is 31.2 Å². The first-order chi connectivity index (χ1) is 9.63. The Kier molecular flexibility index (Phi) is 6.65. The van der Waals surface area contributed by atoms with E-state index in [9.17, 15) is 9.59 Å². The fourth-order valence-electron chi connectivity index (χ4n) is 2.43. The smallest absolute Gasteiger partial charge is 0.246 e. The summed E-state index contributed by atoms with van der Waals surface area (Å²) in [5.74, 6) is -0.293. The molecule has 0 saturated carbocycles. The van der Waals surface area contributed by atoms with Crippen LogP contribution in [0.1, 0.15) is 12.5 Å². The molecular weight excluding hydrogens is 290 g/mol. The van der Waals surface area contributed by atoms with Crippen LogP contribution >= 0.6 is 12.4 Å². The molecule has 116 valence electrons. The van der Waals surface area contributed by atoms with Gasteiger partial charge in [0.05, 0.1) is 6.54 Å². The lowest BCUT2D eigenvalue weighted by Gasteiger charge is -2.18. The van der Waals surface area contributed by atoms with Crippen molar-refractivity contribution in [1.29, 1.82) is 0 Å². The van der Waals surface area contributed by atoms with Crippen molar-refractivity contribution < 1.29 is 9.59 Å². The topological polar surface area (TPSA) is 61.4 Å². The van der Waals surface area contributed by atoms with Gasteiger partial charge >= 0.3 is 0 Å². The summed E-state index contributed by atoms with van der Waals surface area (Å²) in [4.78, 5) is 25.7. The van der Waals surface area contributed by atoms with E-state index in [1.54, 1.807) is 11.9 Å². The second-order valence-corrected chi connectivity index (χ2v) is 5.10. The van der Waals surface area contributed by atoms with Crippen LogP contribution in [0, 0.1) is 5.92 Å². The fourth-order valence-corrected chi connectivity index (χ4v) is 2.43. The molecule has 0 bridgehead atoms. The number of rotatable bonds is 5. The Labute approximate surface area is 131 Å². The molecule has 2 N–H and O–H groups in total. The molecule has 1 aromatic rings. The number of benzene rings is 1. The van der Waals surface area contributed by atoms with E-state index in [0.29, 0.717) is 13.1 Å². The van der Waals surface area contributed by atoms with Crippen LogP contribution in [-0.2, 0) is 16.0 Å². The summed E-state index contributed by atoms with van der Waals surface area (Å²) in [6, 6.07) is 7.90. The number of hydrogen-bond donors (Lipinski definition) is 2. The van der Waals surface area contributed by atoms with E-state index in [0.717, 1.165) is 12.1 Å². The molecule has 0 fully saturated rings. The molecule has 0 spiro atoms. The van der Waals surface area contributed by atoms with Crippen molar-refractivity contribution in [2.45, 2.75) is 13.3 Å². The summed E-state index contributed by atoms with van der Waals surface area (Å²) in [5, 5.41) is 5.65. The number of nitrogens with zero attached hydrogens (tertiary/aromatic N) is 1.